The van der Waals surface area contributed by atoms with Crippen LogP contribution in [0.1, 0.15) is 31.4 Å². The Hall–Kier alpha value is -2.24. The highest BCUT2D eigenvalue weighted by Crippen LogP contribution is 2.27. The number of likely N-dealkylation sites (tertiary alicyclic amines) is 1. The number of methoxy groups -OCH3 is 1. The fraction of sp³-hybridized carbons (Fsp3) is 0.529. The first-order valence-electron chi connectivity index (χ1n) is 7.96. The van der Waals surface area contributed by atoms with Gasteiger partial charge in [-0.3, -0.25) is 4.79 Å². The number of urea groups is 1. The number of hydrogen-bond donors (Lipinski definition) is 1. The van der Waals surface area contributed by atoms with Crippen molar-refractivity contribution in [2.45, 2.75) is 25.8 Å². The van der Waals surface area contributed by atoms with Crippen molar-refractivity contribution in [3.63, 3.8) is 0 Å². The summed E-state index contributed by atoms with van der Waals surface area (Å²) in [5.74, 6) is 0.724. The molecule has 0 bridgehead atoms. The van der Waals surface area contributed by atoms with Crippen LogP contribution in [0.4, 0.5) is 4.79 Å². The number of amides is 3. The highest BCUT2D eigenvalue weighted by atomic mass is 16.5. The van der Waals surface area contributed by atoms with E-state index in [4.69, 9.17) is 4.74 Å². The summed E-state index contributed by atoms with van der Waals surface area (Å²) < 4.78 is 5.34. The van der Waals surface area contributed by atoms with Gasteiger partial charge in [0.05, 0.1) is 19.7 Å². The van der Waals surface area contributed by atoms with E-state index in [1.807, 2.05) is 31.2 Å². The molecule has 0 aromatic heterocycles. The minimum Gasteiger partial charge on any atom is -0.496 e. The number of rotatable bonds is 5. The number of ether oxygens (including phenoxy) is 1. The van der Waals surface area contributed by atoms with Crippen LogP contribution in [0.3, 0.4) is 0 Å². The lowest BCUT2D eigenvalue weighted by Gasteiger charge is -2.27. The maximum Gasteiger partial charge on any atom is 0.318 e. The number of carbonyl (C=O) groups excluding carboxylic acids is 2. The molecule has 0 spiro atoms. The summed E-state index contributed by atoms with van der Waals surface area (Å²) in [6.07, 6.45) is 2.09. The van der Waals surface area contributed by atoms with Gasteiger partial charge in [0.1, 0.15) is 5.75 Å². The lowest BCUT2D eigenvalue weighted by Crippen LogP contribution is -2.44. The Morgan fingerprint density at radius 1 is 1.30 bits per heavy atom. The topological polar surface area (TPSA) is 61.9 Å². The number of hydrogen-bond acceptors (Lipinski definition) is 3. The first-order valence-corrected chi connectivity index (χ1v) is 7.96. The first-order chi connectivity index (χ1) is 11.0. The maximum absolute atomic E-state index is 12.3. The summed E-state index contributed by atoms with van der Waals surface area (Å²) in [4.78, 5) is 27.6. The molecule has 6 nitrogen and oxygen atoms in total. The van der Waals surface area contributed by atoms with Gasteiger partial charge in [-0.15, -0.1) is 0 Å². The van der Waals surface area contributed by atoms with Gasteiger partial charge in [0.15, 0.2) is 0 Å². The van der Waals surface area contributed by atoms with Crippen LogP contribution in [0.5, 0.6) is 5.75 Å². The predicted octanol–water partition coefficient (Wildman–Crippen LogP) is 2.02. The minimum absolute atomic E-state index is 0.0193. The zero-order chi connectivity index (χ0) is 16.8. The molecule has 0 radical (unpaired) electrons. The monoisotopic (exact) mass is 319 g/mol. The average Bonchev–Trinajstić information content (AvgIpc) is 3.12. The lowest BCUT2D eigenvalue weighted by atomic mass is 10.1. The molecule has 1 heterocycles. The highest BCUT2D eigenvalue weighted by Gasteiger charge is 2.22. The fourth-order valence-electron chi connectivity index (χ4n) is 2.75. The number of nitrogens with one attached hydrogen (secondary N) is 1. The van der Waals surface area contributed by atoms with E-state index in [-0.39, 0.29) is 24.5 Å². The molecule has 1 N–H and O–H groups in total. The number of para-hydroxylation sites is 1. The number of carbonyl (C=O) groups is 2. The van der Waals surface area contributed by atoms with Gasteiger partial charge < -0.3 is 19.9 Å². The molecule has 6 heteroatoms. The summed E-state index contributed by atoms with van der Waals surface area (Å²) in [5.41, 5.74) is 0.929. The van der Waals surface area contributed by atoms with E-state index in [1.54, 1.807) is 24.0 Å². The largest absolute Gasteiger partial charge is 0.496 e. The number of benzene rings is 1. The first kappa shape index (κ1) is 17.1. The van der Waals surface area contributed by atoms with Crippen molar-refractivity contribution < 1.29 is 14.3 Å². The normalized spacial score (nSPS) is 15.2. The van der Waals surface area contributed by atoms with E-state index in [0.717, 1.165) is 37.2 Å². The Morgan fingerprint density at radius 3 is 2.61 bits per heavy atom. The van der Waals surface area contributed by atoms with Crippen LogP contribution in [-0.4, -0.2) is 55.5 Å². The SMILES string of the molecule is COc1ccccc1C(C)N(C)C(=O)NCC(=O)N1CCCC1. The zero-order valence-electron chi connectivity index (χ0n) is 14.0. The Morgan fingerprint density at radius 2 is 1.96 bits per heavy atom. The van der Waals surface area contributed by atoms with Crippen molar-refractivity contribution in [1.29, 1.82) is 0 Å². The van der Waals surface area contributed by atoms with E-state index in [2.05, 4.69) is 5.32 Å². The molecular weight excluding hydrogens is 294 g/mol. The molecule has 3 amide bonds. The molecular formula is C17H25N3O3. The molecule has 1 aliphatic rings. The third kappa shape index (κ3) is 4.15. The number of nitrogens with zero attached hydrogens (tertiary/aromatic N) is 2. The summed E-state index contributed by atoms with van der Waals surface area (Å²) >= 11 is 0. The third-order valence-electron chi connectivity index (χ3n) is 4.34. The Bertz CT molecular complexity index is 556. The molecule has 1 atom stereocenters. The second-order valence-electron chi connectivity index (χ2n) is 5.78. The molecule has 1 unspecified atom stereocenters. The summed E-state index contributed by atoms with van der Waals surface area (Å²) in [5, 5.41) is 2.70. The van der Waals surface area contributed by atoms with E-state index >= 15 is 0 Å². The molecule has 0 saturated carbocycles. The smallest absolute Gasteiger partial charge is 0.318 e. The van der Waals surface area contributed by atoms with Crippen molar-refractivity contribution in [3.8, 4) is 5.75 Å². The van der Waals surface area contributed by atoms with Crippen LogP contribution >= 0.6 is 0 Å². The Balaban J connectivity index is 1.92. The zero-order valence-corrected chi connectivity index (χ0v) is 14.0. The highest BCUT2D eigenvalue weighted by molar-refractivity contribution is 5.84. The van der Waals surface area contributed by atoms with Crippen molar-refractivity contribution in [1.82, 2.24) is 15.1 Å². The summed E-state index contributed by atoms with van der Waals surface area (Å²) in [6, 6.07) is 7.18. The Labute approximate surface area is 137 Å². The quantitative estimate of drug-likeness (QED) is 0.903. The van der Waals surface area contributed by atoms with Gasteiger partial charge in [0.2, 0.25) is 5.91 Å². The average molecular weight is 319 g/mol. The molecule has 1 fully saturated rings. The maximum atomic E-state index is 12.3. The van der Waals surface area contributed by atoms with Gasteiger partial charge in [-0.1, -0.05) is 18.2 Å². The molecule has 1 aromatic rings. The van der Waals surface area contributed by atoms with Gasteiger partial charge >= 0.3 is 6.03 Å². The van der Waals surface area contributed by atoms with Crippen LogP contribution in [0.15, 0.2) is 24.3 Å². The lowest BCUT2D eigenvalue weighted by molar-refractivity contribution is -0.129. The minimum atomic E-state index is -0.268. The standard InChI is InChI=1S/C17H25N3O3/c1-13(14-8-4-5-9-15(14)23-3)19(2)17(22)18-12-16(21)20-10-6-7-11-20/h4-5,8-9,13H,6-7,10-12H2,1-3H3,(H,18,22). The molecule has 1 saturated heterocycles. The third-order valence-corrected chi connectivity index (χ3v) is 4.34. The van der Waals surface area contributed by atoms with Crippen LogP contribution < -0.4 is 10.1 Å². The van der Waals surface area contributed by atoms with Crippen LogP contribution in [-0.2, 0) is 4.79 Å². The molecule has 126 valence electrons. The van der Waals surface area contributed by atoms with E-state index in [0.29, 0.717) is 0 Å². The van der Waals surface area contributed by atoms with Crippen LogP contribution in [0.2, 0.25) is 0 Å². The van der Waals surface area contributed by atoms with Crippen molar-refractivity contribution in [3.05, 3.63) is 29.8 Å². The van der Waals surface area contributed by atoms with Crippen LogP contribution in [0.25, 0.3) is 0 Å². The van der Waals surface area contributed by atoms with Crippen LogP contribution in [0, 0.1) is 0 Å². The molecule has 23 heavy (non-hydrogen) atoms. The molecule has 0 aliphatic carbocycles. The van der Waals surface area contributed by atoms with E-state index < -0.39 is 0 Å². The van der Waals surface area contributed by atoms with Gasteiger partial charge in [0.25, 0.3) is 0 Å². The summed E-state index contributed by atoms with van der Waals surface area (Å²) in [7, 11) is 3.33. The fourth-order valence-corrected chi connectivity index (χ4v) is 2.75. The Kier molecular flexibility index (Phi) is 5.84. The van der Waals surface area contributed by atoms with Gasteiger partial charge in [-0.2, -0.15) is 0 Å². The van der Waals surface area contributed by atoms with Gasteiger partial charge in [-0.05, 0) is 25.8 Å². The van der Waals surface area contributed by atoms with Crippen molar-refractivity contribution in [2.24, 2.45) is 0 Å². The molecule has 1 aromatic carbocycles. The van der Waals surface area contributed by atoms with Crippen molar-refractivity contribution in [2.75, 3.05) is 33.8 Å². The van der Waals surface area contributed by atoms with E-state index in [1.165, 1.54) is 0 Å². The predicted molar refractivity (Wildman–Crippen MR) is 88.4 cm³/mol. The molecule has 2 rings (SSSR count). The summed E-state index contributed by atoms with van der Waals surface area (Å²) in [6.45, 7) is 3.56. The second-order valence-corrected chi connectivity index (χ2v) is 5.78. The van der Waals surface area contributed by atoms with Crippen molar-refractivity contribution >= 4 is 11.9 Å². The molecule has 1 aliphatic heterocycles. The van der Waals surface area contributed by atoms with Gasteiger partial charge in [-0.25, -0.2) is 4.79 Å². The van der Waals surface area contributed by atoms with E-state index in [9.17, 15) is 9.59 Å². The van der Waals surface area contributed by atoms with Gasteiger partial charge in [0, 0.05) is 25.7 Å². The second kappa shape index (κ2) is 7.85.